The number of benzene rings is 2. The lowest BCUT2D eigenvalue weighted by Crippen LogP contribution is -2.44. The van der Waals surface area contributed by atoms with Crippen LogP contribution < -0.4 is 15.0 Å². The second-order valence-electron chi connectivity index (χ2n) is 7.02. The minimum Gasteiger partial charge on any atom is -0.494 e. The van der Waals surface area contributed by atoms with Crippen molar-refractivity contribution in [3.8, 4) is 5.75 Å². The Morgan fingerprint density at radius 1 is 1.07 bits per heavy atom. The van der Waals surface area contributed by atoms with Gasteiger partial charge in [-0.1, -0.05) is 19.4 Å². The van der Waals surface area contributed by atoms with E-state index in [0.717, 1.165) is 50.5 Å². The fraction of sp³-hybridized carbons (Fsp3) is 0.409. The van der Waals surface area contributed by atoms with E-state index in [-0.39, 0.29) is 5.91 Å². The predicted octanol–water partition coefficient (Wildman–Crippen LogP) is 3.87. The molecule has 0 atom stereocenters. The van der Waals surface area contributed by atoms with Gasteiger partial charge in [0.1, 0.15) is 5.75 Å². The number of piperazine rings is 1. The van der Waals surface area contributed by atoms with Gasteiger partial charge in [0.25, 0.3) is 5.91 Å². The van der Waals surface area contributed by atoms with Crippen LogP contribution in [0.2, 0.25) is 0 Å². The number of unbranched alkanes of at least 4 members (excludes halogenated alkanes) is 1. The second kappa shape index (κ2) is 9.42. The number of carbonyl (C=O) groups excluding carboxylic acids is 1. The number of anilines is 2. The van der Waals surface area contributed by atoms with Crippen LogP contribution in [0, 0.1) is 0 Å². The zero-order chi connectivity index (χ0) is 19.1. The Morgan fingerprint density at radius 3 is 2.52 bits per heavy atom. The second-order valence-corrected chi connectivity index (χ2v) is 7.02. The van der Waals surface area contributed by atoms with E-state index in [0.29, 0.717) is 12.2 Å². The molecule has 1 N–H and O–H groups in total. The van der Waals surface area contributed by atoms with Crippen molar-refractivity contribution in [2.45, 2.75) is 19.8 Å². The number of likely N-dealkylation sites (N-methyl/N-ethyl adjacent to an activating group) is 1. The van der Waals surface area contributed by atoms with E-state index in [9.17, 15) is 4.79 Å². The molecule has 0 unspecified atom stereocenters. The van der Waals surface area contributed by atoms with Crippen molar-refractivity contribution in [1.82, 2.24) is 4.90 Å². The van der Waals surface area contributed by atoms with Crippen LogP contribution in [0.5, 0.6) is 5.75 Å². The molecule has 1 amide bonds. The van der Waals surface area contributed by atoms with Crippen molar-refractivity contribution in [2.75, 3.05) is 50.1 Å². The van der Waals surface area contributed by atoms with Gasteiger partial charge in [0.05, 0.1) is 6.61 Å². The highest BCUT2D eigenvalue weighted by Gasteiger charge is 2.14. The minimum absolute atomic E-state index is 0.122. The van der Waals surface area contributed by atoms with Gasteiger partial charge in [-0.25, -0.2) is 0 Å². The molecule has 0 aliphatic carbocycles. The zero-order valence-electron chi connectivity index (χ0n) is 16.3. The molecule has 27 heavy (non-hydrogen) atoms. The number of hydrogen-bond donors (Lipinski definition) is 1. The van der Waals surface area contributed by atoms with Crippen LogP contribution in [-0.2, 0) is 0 Å². The SMILES string of the molecule is CCCCOc1cccc(C(=O)Nc2ccc(N3CCN(C)CC3)cc2)c1. The van der Waals surface area contributed by atoms with Crippen molar-refractivity contribution >= 4 is 17.3 Å². The Morgan fingerprint density at radius 2 is 1.81 bits per heavy atom. The average Bonchev–Trinajstić information content (AvgIpc) is 2.70. The van der Waals surface area contributed by atoms with E-state index in [1.165, 1.54) is 5.69 Å². The fourth-order valence-electron chi connectivity index (χ4n) is 3.08. The molecule has 2 aromatic carbocycles. The summed E-state index contributed by atoms with van der Waals surface area (Å²) in [5, 5.41) is 2.97. The van der Waals surface area contributed by atoms with Crippen LogP contribution in [0.4, 0.5) is 11.4 Å². The lowest BCUT2D eigenvalue weighted by molar-refractivity contribution is 0.102. The summed E-state index contributed by atoms with van der Waals surface area (Å²) in [7, 11) is 2.15. The molecule has 0 aromatic heterocycles. The van der Waals surface area contributed by atoms with E-state index < -0.39 is 0 Å². The number of nitrogens with one attached hydrogen (secondary N) is 1. The van der Waals surface area contributed by atoms with Gasteiger partial charge in [-0.3, -0.25) is 4.79 Å². The number of nitrogens with zero attached hydrogens (tertiary/aromatic N) is 2. The van der Waals surface area contributed by atoms with Gasteiger partial charge in [0.15, 0.2) is 0 Å². The van der Waals surface area contributed by atoms with Crippen molar-refractivity contribution in [1.29, 1.82) is 0 Å². The predicted molar refractivity (Wildman–Crippen MR) is 111 cm³/mol. The van der Waals surface area contributed by atoms with Crippen molar-refractivity contribution in [2.24, 2.45) is 0 Å². The normalized spacial score (nSPS) is 14.8. The third-order valence-electron chi connectivity index (χ3n) is 4.86. The van der Waals surface area contributed by atoms with Crippen LogP contribution in [-0.4, -0.2) is 50.6 Å². The van der Waals surface area contributed by atoms with E-state index in [1.54, 1.807) is 12.1 Å². The third-order valence-corrected chi connectivity index (χ3v) is 4.86. The molecule has 1 aliphatic rings. The van der Waals surface area contributed by atoms with Crippen LogP contribution in [0.1, 0.15) is 30.1 Å². The first-order valence-electron chi connectivity index (χ1n) is 9.73. The number of hydrogen-bond acceptors (Lipinski definition) is 4. The lowest BCUT2D eigenvalue weighted by Gasteiger charge is -2.34. The summed E-state index contributed by atoms with van der Waals surface area (Å²) in [6.45, 7) is 7.03. The van der Waals surface area contributed by atoms with Crippen molar-refractivity contribution < 1.29 is 9.53 Å². The Balaban J connectivity index is 1.58. The Kier molecular flexibility index (Phi) is 6.71. The highest BCUT2D eigenvalue weighted by atomic mass is 16.5. The fourth-order valence-corrected chi connectivity index (χ4v) is 3.08. The number of amides is 1. The van der Waals surface area contributed by atoms with E-state index in [2.05, 4.69) is 41.2 Å². The van der Waals surface area contributed by atoms with E-state index in [1.807, 2.05) is 24.3 Å². The largest absolute Gasteiger partial charge is 0.494 e. The lowest BCUT2D eigenvalue weighted by atomic mass is 10.2. The topological polar surface area (TPSA) is 44.8 Å². The molecule has 144 valence electrons. The highest BCUT2D eigenvalue weighted by Crippen LogP contribution is 2.20. The molecule has 1 fully saturated rings. The Labute approximate surface area is 161 Å². The van der Waals surface area contributed by atoms with Crippen LogP contribution >= 0.6 is 0 Å². The minimum atomic E-state index is -0.122. The molecule has 2 aromatic rings. The number of rotatable bonds is 7. The van der Waals surface area contributed by atoms with Gasteiger partial charge >= 0.3 is 0 Å². The quantitative estimate of drug-likeness (QED) is 0.755. The summed E-state index contributed by atoms with van der Waals surface area (Å²) >= 11 is 0. The third kappa shape index (κ3) is 5.47. The molecule has 1 aliphatic heterocycles. The summed E-state index contributed by atoms with van der Waals surface area (Å²) in [6, 6.07) is 15.4. The zero-order valence-corrected chi connectivity index (χ0v) is 16.3. The monoisotopic (exact) mass is 367 g/mol. The standard InChI is InChI=1S/C22H29N3O2/c1-3-4-16-27-21-7-5-6-18(17-21)22(26)23-19-8-10-20(11-9-19)25-14-12-24(2)13-15-25/h5-11,17H,3-4,12-16H2,1-2H3,(H,23,26). The molecular weight excluding hydrogens is 338 g/mol. The van der Waals surface area contributed by atoms with E-state index >= 15 is 0 Å². The van der Waals surface area contributed by atoms with Crippen LogP contribution in [0.15, 0.2) is 48.5 Å². The molecular formula is C22H29N3O2. The van der Waals surface area contributed by atoms with E-state index in [4.69, 9.17) is 4.74 Å². The summed E-state index contributed by atoms with van der Waals surface area (Å²) in [6.07, 6.45) is 2.10. The maximum Gasteiger partial charge on any atom is 0.255 e. The molecule has 1 saturated heterocycles. The molecule has 0 radical (unpaired) electrons. The number of ether oxygens (including phenoxy) is 1. The maximum atomic E-state index is 12.5. The van der Waals surface area contributed by atoms with Crippen molar-refractivity contribution in [3.63, 3.8) is 0 Å². The van der Waals surface area contributed by atoms with Gasteiger partial charge in [0.2, 0.25) is 0 Å². The Hall–Kier alpha value is -2.53. The summed E-state index contributed by atoms with van der Waals surface area (Å²) in [5.41, 5.74) is 2.61. The first-order chi connectivity index (χ1) is 13.2. The summed E-state index contributed by atoms with van der Waals surface area (Å²) in [4.78, 5) is 17.3. The highest BCUT2D eigenvalue weighted by molar-refractivity contribution is 6.04. The van der Waals surface area contributed by atoms with Gasteiger partial charge in [-0.15, -0.1) is 0 Å². The summed E-state index contributed by atoms with van der Waals surface area (Å²) < 4.78 is 5.69. The van der Waals surface area contributed by atoms with Crippen LogP contribution in [0.25, 0.3) is 0 Å². The molecule has 0 saturated carbocycles. The van der Waals surface area contributed by atoms with Gasteiger partial charge in [-0.2, -0.15) is 0 Å². The maximum absolute atomic E-state index is 12.5. The van der Waals surface area contributed by atoms with Crippen molar-refractivity contribution in [3.05, 3.63) is 54.1 Å². The smallest absolute Gasteiger partial charge is 0.255 e. The van der Waals surface area contributed by atoms with Gasteiger partial charge in [-0.05, 0) is 55.9 Å². The summed E-state index contributed by atoms with van der Waals surface area (Å²) in [5.74, 6) is 0.616. The first kappa shape index (κ1) is 19.2. The first-order valence-corrected chi connectivity index (χ1v) is 9.73. The van der Waals surface area contributed by atoms with Crippen LogP contribution in [0.3, 0.4) is 0 Å². The molecule has 5 heteroatoms. The molecule has 0 spiro atoms. The number of carbonyl (C=O) groups is 1. The molecule has 3 rings (SSSR count). The average molecular weight is 367 g/mol. The molecule has 1 heterocycles. The molecule has 0 bridgehead atoms. The molecule has 5 nitrogen and oxygen atoms in total. The Bertz CT molecular complexity index is 737. The van der Waals surface area contributed by atoms with Gasteiger partial charge in [0, 0.05) is 43.1 Å². The van der Waals surface area contributed by atoms with Gasteiger partial charge < -0.3 is 19.9 Å².